The topological polar surface area (TPSA) is 90.9 Å². The average Bonchev–Trinajstić information content (AvgIpc) is 2.84. The van der Waals surface area contributed by atoms with Gasteiger partial charge in [0, 0.05) is 26.6 Å². The maximum atomic E-state index is 12.6. The second-order valence-corrected chi connectivity index (χ2v) is 8.85. The molecule has 3 heterocycles. The monoisotopic (exact) mass is 380 g/mol. The minimum atomic E-state index is -3.43. The Balaban J connectivity index is 1.75. The average molecular weight is 380 g/mol. The van der Waals surface area contributed by atoms with E-state index in [1.807, 2.05) is 0 Å². The van der Waals surface area contributed by atoms with Crippen molar-refractivity contribution < 1.29 is 18.0 Å². The first kappa shape index (κ1) is 18.8. The Hall–Kier alpha value is -2.00. The number of carbonyl (C=O) groups is 2. The van der Waals surface area contributed by atoms with Gasteiger partial charge in [0.15, 0.2) is 0 Å². The predicted octanol–water partition coefficient (Wildman–Crippen LogP) is 0.985. The Morgan fingerprint density at radius 1 is 1.12 bits per heavy atom. The highest BCUT2D eigenvalue weighted by molar-refractivity contribution is 7.88. The molecule has 1 unspecified atom stereocenters. The standard InChI is InChI=1S/C17H24N4O4S/c1-19(26(2,24)25)14-9-11-21(17(14)23)15-8-7-13(12-18-15)20-10-5-3-4-6-16(20)22/h7-8,12,14H,3-6,9-11H2,1-2H3. The molecule has 1 aromatic heterocycles. The molecule has 2 aliphatic rings. The predicted molar refractivity (Wildman–Crippen MR) is 98.4 cm³/mol. The number of nitrogens with zero attached hydrogens (tertiary/aromatic N) is 4. The third-order valence-electron chi connectivity index (χ3n) is 5.03. The molecule has 8 nitrogen and oxygen atoms in total. The second-order valence-electron chi connectivity index (χ2n) is 6.80. The van der Waals surface area contributed by atoms with E-state index in [0.717, 1.165) is 35.5 Å². The summed E-state index contributed by atoms with van der Waals surface area (Å²) in [6.07, 6.45) is 6.61. The summed E-state index contributed by atoms with van der Waals surface area (Å²) in [4.78, 5) is 32.4. The van der Waals surface area contributed by atoms with Crippen molar-refractivity contribution in [1.82, 2.24) is 9.29 Å². The Morgan fingerprint density at radius 2 is 1.88 bits per heavy atom. The van der Waals surface area contributed by atoms with E-state index >= 15 is 0 Å². The smallest absolute Gasteiger partial charge is 0.246 e. The van der Waals surface area contributed by atoms with Gasteiger partial charge in [0.1, 0.15) is 11.9 Å². The minimum absolute atomic E-state index is 0.101. The Morgan fingerprint density at radius 3 is 2.54 bits per heavy atom. The van der Waals surface area contributed by atoms with Gasteiger partial charge in [0.25, 0.3) is 0 Å². The zero-order valence-electron chi connectivity index (χ0n) is 15.1. The van der Waals surface area contributed by atoms with E-state index in [1.165, 1.54) is 11.9 Å². The fourth-order valence-corrected chi connectivity index (χ4v) is 4.07. The molecule has 3 rings (SSSR count). The van der Waals surface area contributed by atoms with Crippen LogP contribution in [0.15, 0.2) is 18.3 Å². The van der Waals surface area contributed by atoms with Gasteiger partial charge in [-0.1, -0.05) is 6.42 Å². The van der Waals surface area contributed by atoms with E-state index in [0.29, 0.717) is 31.7 Å². The van der Waals surface area contributed by atoms with Crippen LogP contribution in [-0.2, 0) is 19.6 Å². The lowest BCUT2D eigenvalue weighted by molar-refractivity contribution is -0.120. The SMILES string of the molecule is CN(C1CCN(c2ccc(N3CCCCCC3=O)cn2)C1=O)S(C)(=O)=O. The summed E-state index contributed by atoms with van der Waals surface area (Å²) in [5, 5.41) is 0. The summed E-state index contributed by atoms with van der Waals surface area (Å²) in [6.45, 7) is 1.10. The molecule has 0 saturated carbocycles. The number of amides is 2. The third-order valence-corrected chi connectivity index (χ3v) is 6.33. The number of sulfonamides is 1. The van der Waals surface area contributed by atoms with Gasteiger partial charge in [0.05, 0.1) is 18.1 Å². The number of carbonyl (C=O) groups excluding carboxylic acids is 2. The molecule has 1 atom stereocenters. The zero-order valence-corrected chi connectivity index (χ0v) is 15.9. The number of aromatic nitrogens is 1. The molecule has 2 saturated heterocycles. The van der Waals surface area contributed by atoms with Crippen molar-refractivity contribution in [2.45, 2.75) is 38.1 Å². The van der Waals surface area contributed by atoms with Crippen LogP contribution in [0.3, 0.4) is 0 Å². The fraction of sp³-hybridized carbons (Fsp3) is 0.588. The highest BCUT2D eigenvalue weighted by atomic mass is 32.2. The number of likely N-dealkylation sites (N-methyl/N-ethyl adjacent to an activating group) is 1. The van der Waals surface area contributed by atoms with E-state index in [9.17, 15) is 18.0 Å². The quantitative estimate of drug-likeness (QED) is 0.777. The highest BCUT2D eigenvalue weighted by Gasteiger charge is 2.39. The number of rotatable bonds is 4. The summed E-state index contributed by atoms with van der Waals surface area (Å²) in [7, 11) is -2.01. The Labute approximate surface area is 153 Å². The lowest BCUT2D eigenvalue weighted by Gasteiger charge is -2.23. The van der Waals surface area contributed by atoms with Crippen molar-refractivity contribution >= 4 is 33.3 Å². The van der Waals surface area contributed by atoms with Gasteiger partial charge in [-0.25, -0.2) is 13.4 Å². The van der Waals surface area contributed by atoms with E-state index in [1.54, 1.807) is 23.2 Å². The highest BCUT2D eigenvalue weighted by Crippen LogP contribution is 2.26. The maximum absolute atomic E-state index is 12.6. The number of hydrogen-bond acceptors (Lipinski definition) is 5. The van der Waals surface area contributed by atoms with Crippen LogP contribution in [0.25, 0.3) is 0 Å². The fourth-order valence-electron chi connectivity index (χ4n) is 3.41. The van der Waals surface area contributed by atoms with Crippen molar-refractivity contribution in [3.63, 3.8) is 0 Å². The first-order valence-corrected chi connectivity index (χ1v) is 10.6. The second kappa shape index (κ2) is 7.32. The molecule has 1 aromatic rings. The van der Waals surface area contributed by atoms with Gasteiger partial charge in [-0.3, -0.25) is 14.5 Å². The van der Waals surface area contributed by atoms with Gasteiger partial charge in [-0.15, -0.1) is 0 Å². The number of anilines is 2. The maximum Gasteiger partial charge on any atom is 0.246 e. The summed E-state index contributed by atoms with van der Waals surface area (Å²) >= 11 is 0. The summed E-state index contributed by atoms with van der Waals surface area (Å²) in [5.41, 5.74) is 0.733. The molecular formula is C17H24N4O4S. The normalized spacial score (nSPS) is 22.2. The molecule has 0 spiro atoms. The molecule has 0 aromatic carbocycles. The van der Waals surface area contributed by atoms with Gasteiger partial charge in [0.2, 0.25) is 21.8 Å². The molecule has 26 heavy (non-hydrogen) atoms. The molecule has 9 heteroatoms. The van der Waals surface area contributed by atoms with Gasteiger partial charge >= 0.3 is 0 Å². The van der Waals surface area contributed by atoms with Crippen LogP contribution in [-0.4, -0.2) is 62.0 Å². The van der Waals surface area contributed by atoms with Gasteiger partial charge in [-0.05, 0) is 31.4 Å². The van der Waals surface area contributed by atoms with Crippen LogP contribution < -0.4 is 9.80 Å². The van der Waals surface area contributed by atoms with Gasteiger partial charge in [-0.2, -0.15) is 4.31 Å². The van der Waals surface area contributed by atoms with E-state index in [-0.39, 0.29) is 11.8 Å². The number of hydrogen-bond donors (Lipinski definition) is 0. The van der Waals surface area contributed by atoms with E-state index in [4.69, 9.17) is 0 Å². The Bertz CT molecular complexity index is 793. The minimum Gasteiger partial charge on any atom is -0.311 e. The van der Waals surface area contributed by atoms with Crippen molar-refractivity contribution in [3.8, 4) is 0 Å². The third kappa shape index (κ3) is 3.73. The molecule has 0 bridgehead atoms. The molecule has 2 aliphatic heterocycles. The summed E-state index contributed by atoms with van der Waals surface area (Å²) in [5.74, 6) is 0.304. The van der Waals surface area contributed by atoms with Crippen LogP contribution in [0.2, 0.25) is 0 Å². The van der Waals surface area contributed by atoms with Crippen molar-refractivity contribution in [3.05, 3.63) is 18.3 Å². The molecule has 2 fully saturated rings. The van der Waals surface area contributed by atoms with Crippen LogP contribution in [0.4, 0.5) is 11.5 Å². The van der Waals surface area contributed by atoms with Gasteiger partial charge < -0.3 is 4.90 Å². The molecule has 0 aliphatic carbocycles. The molecule has 0 N–H and O–H groups in total. The number of pyridine rings is 1. The van der Waals surface area contributed by atoms with Crippen LogP contribution in [0.1, 0.15) is 32.1 Å². The van der Waals surface area contributed by atoms with Crippen molar-refractivity contribution in [2.24, 2.45) is 0 Å². The zero-order chi connectivity index (χ0) is 18.9. The van der Waals surface area contributed by atoms with E-state index < -0.39 is 16.1 Å². The van der Waals surface area contributed by atoms with Crippen LogP contribution in [0.5, 0.6) is 0 Å². The van der Waals surface area contributed by atoms with Crippen molar-refractivity contribution in [1.29, 1.82) is 0 Å². The van der Waals surface area contributed by atoms with Crippen LogP contribution in [0, 0.1) is 0 Å². The summed E-state index contributed by atoms with van der Waals surface area (Å²) < 4.78 is 24.5. The van der Waals surface area contributed by atoms with Crippen molar-refractivity contribution in [2.75, 3.05) is 36.2 Å². The molecule has 142 valence electrons. The molecular weight excluding hydrogens is 356 g/mol. The lowest BCUT2D eigenvalue weighted by Crippen LogP contribution is -2.42. The lowest BCUT2D eigenvalue weighted by atomic mass is 10.2. The Kier molecular flexibility index (Phi) is 5.29. The van der Waals surface area contributed by atoms with Crippen LogP contribution >= 0.6 is 0 Å². The first-order chi connectivity index (χ1) is 12.3. The molecule has 2 amide bonds. The first-order valence-electron chi connectivity index (χ1n) is 8.80. The summed E-state index contributed by atoms with van der Waals surface area (Å²) in [6, 6.07) is 2.82. The van der Waals surface area contributed by atoms with E-state index in [2.05, 4.69) is 4.98 Å². The molecule has 0 radical (unpaired) electrons. The largest absolute Gasteiger partial charge is 0.311 e.